The number of hydrogen-bond acceptors (Lipinski definition) is 4. The first-order valence-corrected chi connectivity index (χ1v) is 8.99. The molecule has 0 bridgehead atoms. The van der Waals surface area contributed by atoms with E-state index in [0.717, 1.165) is 31.7 Å². The van der Waals surface area contributed by atoms with E-state index >= 15 is 0 Å². The van der Waals surface area contributed by atoms with Crippen molar-refractivity contribution in [1.29, 1.82) is 0 Å². The first kappa shape index (κ1) is 17.9. The molecule has 1 aromatic carbocycles. The first-order chi connectivity index (χ1) is 10.1. The van der Waals surface area contributed by atoms with Gasteiger partial charge in [-0.1, -0.05) is 13.8 Å². The van der Waals surface area contributed by atoms with Crippen LogP contribution in [0.2, 0.25) is 0 Å². The van der Waals surface area contributed by atoms with Crippen molar-refractivity contribution in [2.24, 2.45) is 0 Å². The van der Waals surface area contributed by atoms with Crippen molar-refractivity contribution in [3.8, 4) is 0 Å². The fraction of sp³-hybridized carbons (Fsp3) is 0.600. The predicted octanol–water partition coefficient (Wildman–Crippen LogP) is 2.60. The molecular formula is C15H26N2O3S. The molecule has 0 saturated heterocycles. The van der Waals surface area contributed by atoms with Crippen molar-refractivity contribution in [3.05, 3.63) is 24.3 Å². The molecule has 0 aliphatic rings. The second-order valence-electron chi connectivity index (χ2n) is 4.81. The quantitative estimate of drug-likeness (QED) is 0.616. The highest BCUT2D eigenvalue weighted by molar-refractivity contribution is 7.89. The third-order valence-corrected chi connectivity index (χ3v) is 4.33. The maximum absolute atomic E-state index is 12.1. The van der Waals surface area contributed by atoms with Crippen LogP contribution in [-0.4, -0.2) is 34.7 Å². The normalized spacial score (nSPS) is 11.5. The van der Waals surface area contributed by atoms with Crippen LogP contribution >= 0.6 is 0 Å². The van der Waals surface area contributed by atoms with E-state index in [9.17, 15) is 8.42 Å². The molecule has 0 heterocycles. The third kappa shape index (κ3) is 6.93. The fourth-order valence-corrected chi connectivity index (χ4v) is 2.81. The largest absolute Gasteiger partial charge is 0.385 e. The summed E-state index contributed by atoms with van der Waals surface area (Å²) in [5.41, 5.74) is 0.934. The zero-order valence-corrected chi connectivity index (χ0v) is 13.7. The SMILES string of the molecule is CCCNc1ccc(S(=O)(=O)NCCCOCCC)cc1. The van der Waals surface area contributed by atoms with Gasteiger partial charge in [0.15, 0.2) is 0 Å². The summed E-state index contributed by atoms with van der Waals surface area (Å²) in [5, 5.41) is 3.21. The zero-order valence-electron chi connectivity index (χ0n) is 12.9. The summed E-state index contributed by atoms with van der Waals surface area (Å²) in [6.07, 6.45) is 2.68. The van der Waals surface area contributed by atoms with Gasteiger partial charge in [0.25, 0.3) is 0 Å². The van der Waals surface area contributed by atoms with Gasteiger partial charge in [0.1, 0.15) is 0 Å². The van der Waals surface area contributed by atoms with Crippen molar-refractivity contribution in [3.63, 3.8) is 0 Å². The number of anilines is 1. The summed E-state index contributed by atoms with van der Waals surface area (Å²) in [4.78, 5) is 0.291. The van der Waals surface area contributed by atoms with E-state index in [1.165, 1.54) is 0 Å². The van der Waals surface area contributed by atoms with Crippen molar-refractivity contribution < 1.29 is 13.2 Å². The average Bonchev–Trinajstić information content (AvgIpc) is 2.49. The first-order valence-electron chi connectivity index (χ1n) is 7.51. The van der Waals surface area contributed by atoms with Crippen molar-refractivity contribution in [1.82, 2.24) is 4.72 Å². The Labute approximate surface area is 128 Å². The molecule has 0 aliphatic carbocycles. The Bertz CT molecular complexity index is 486. The van der Waals surface area contributed by atoms with Gasteiger partial charge in [-0.15, -0.1) is 0 Å². The summed E-state index contributed by atoms with van der Waals surface area (Å²) >= 11 is 0. The van der Waals surface area contributed by atoms with Gasteiger partial charge in [0, 0.05) is 32.0 Å². The third-order valence-electron chi connectivity index (χ3n) is 2.85. The van der Waals surface area contributed by atoms with Gasteiger partial charge in [-0.25, -0.2) is 13.1 Å². The van der Waals surface area contributed by atoms with Crippen molar-refractivity contribution in [2.75, 3.05) is 31.6 Å². The summed E-state index contributed by atoms with van der Waals surface area (Å²) in [7, 11) is -3.42. The van der Waals surface area contributed by atoms with Crippen LogP contribution in [0.1, 0.15) is 33.1 Å². The molecule has 5 nitrogen and oxygen atoms in total. The standard InChI is InChI=1S/C15H26N2O3S/c1-3-10-16-14-6-8-15(9-7-14)21(18,19)17-11-5-13-20-12-4-2/h6-9,16-17H,3-5,10-13H2,1-2H3. The van der Waals surface area contributed by atoms with E-state index < -0.39 is 10.0 Å². The Morgan fingerprint density at radius 2 is 1.71 bits per heavy atom. The summed E-state index contributed by atoms with van der Waals surface area (Å²) in [5.74, 6) is 0. The molecule has 120 valence electrons. The number of ether oxygens (including phenoxy) is 1. The minimum absolute atomic E-state index is 0.291. The van der Waals surface area contributed by atoms with E-state index in [2.05, 4.69) is 17.0 Å². The highest BCUT2D eigenvalue weighted by Crippen LogP contribution is 2.13. The molecule has 0 saturated carbocycles. The number of nitrogens with one attached hydrogen (secondary N) is 2. The van der Waals surface area contributed by atoms with Gasteiger partial charge in [-0.05, 0) is 43.5 Å². The molecule has 1 rings (SSSR count). The van der Waals surface area contributed by atoms with Crippen LogP contribution in [-0.2, 0) is 14.8 Å². The molecule has 1 aromatic rings. The van der Waals surface area contributed by atoms with Gasteiger partial charge >= 0.3 is 0 Å². The van der Waals surface area contributed by atoms with Crippen LogP contribution in [0.25, 0.3) is 0 Å². The highest BCUT2D eigenvalue weighted by atomic mass is 32.2. The molecule has 0 unspecified atom stereocenters. The molecule has 0 atom stereocenters. The molecule has 21 heavy (non-hydrogen) atoms. The summed E-state index contributed by atoms with van der Waals surface area (Å²) in [6, 6.07) is 6.81. The van der Waals surface area contributed by atoms with Crippen molar-refractivity contribution in [2.45, 2.75) is 38.0 Å². The predicted molar refractivity (Wildman–Crippen MR) is 86.1 cm³/mol. The summed E-state index contributed by atoms with van der Waals surface area (Å²) in [6.45, 7) is 6.70. The van der Waals surface area contributed by atoms with Gasteiger partial charge in [0.2, 0.25) is 10.0 Å². The molecule has 0 radical (unpaired) electrons. The Morgan fingerprint density at radius 3 is 2.33 bits per heavy atom. The molecule has 0 spiro atoms. The van der Waals surface area contributed by atoms with Crippen LogP contribution < -0.4 is 10.0 Å². The lowest BCUT2D eigenvalue weighted by Crippen LogP contribution is -2.25. The number of hydrogen-bond donors (Lipinski definition) is 2. The van der Waals surface area contributed by atoms with E-state index in [1.54, 1.807) is 24.3 Å². The smallest absolute Gasteiger partial charge is 0.240 e. The molecule has 6 heteroatoms. The van der Waals surface area contributed by atoms with Crippen LogP contribution in [0.4, 0.5) is 5.69 Å². The second kappa shape index (κ2) is 9.76. The Morgan fingerprint density at radius 1 is 1.00 bits per heavy atom. The fourth-order valence-electron chi connectivity index (χ4n) is 1.73. The van der Waals surface area contributed by atoms with Crippen LogP contribution in [0.15, 0.2) is 29.2 Å². The number of rotatable bonds is 11. The van der Waals surface area contributed by atoms with Gasteiger partial charge in [0.05, 0.1) is 4.90 Å². The maximum atomic E-state index is 12.1. The molecule has 0 fully saturated rings. The van der Waals surface area contributed by atoms with Gasteiger partial charge in [-0.2, -0.15) is 0 Å². The Kier molecular flexibility index (Phi) is 8.34. The topological polar surface area (TPSA) is 67.4 Å². The lowest BCUT2D eigenvalue weighted by molar-refractivity contribution is 0.133. The lowest BCUT2D eigenvalue weighted by Gasteiger charge is -2.09. The number of benzene rings is 1. The molecule has 0 aromatic heterocycles. The van der Waals surface area contributed by atoms with Crippen LogP contribution in [0.3, 0.4) is 0 Å². The molecule has 2 N–H and O–H groups in total. The minimum atomic E-state index is -3.42. The van der Waals surface area contributed by atoms with Gasteiger partial charge < -0.3 is 10.1 Å². The van der Waals surface area contributed by atoms with Gasteiger partial charge in [-0.3, -0.25) is 0 Å². The highest BCUT2D eigenvalue weighted by Gasteiger charge is 2.12. The van der Waals surface area contributed by atoms with E-state index in [1.807, 2.05) is 6.92 Å². The minimum Gasteiger partial charge on any atom is -0.385 e. The lowest BCUT2D eigenvalue weighted by atomic mass is 10.3. The van der Waals surface area contributed by atoms with Crippen molar-refractivity contribution >= 4 is 15.7 Å². The molecule has 0 amide bonds. The average molecular weight is 314 g/mol. The van der Waals surface area contributed by atoms with E-state index in [-0.39, 0.29) is 0 Å². The Balaban J connectivity index is 2.42. The van der Waals surface area contributed by atoms with E-state index in [4.69, 9.17) is 4.74 Å². The van der Waals surface area contributed by atoms with E-state index in [0.29, 0.717) is 24.5 Å². The second-order valence-corrected chi connectivity index (χ2v) is 6.58. The Hall–Kier alpha value is -1.11. The van der Waals surface area contributed by atoms with Crippen LogP contribution in [0.5, 0.6) is 0 Å². The molecule has 0 aliphatic heterocycles. The maximum Gasteiger partial charge on any atom is 0.240 e. The molecular weight excluding hydrogens is 288 g/mol. The number of sulfonamides is 1. The zero-order chi connectivity index (χ0) is 15.6. The summed E-state index contributed by atoms with van der Waals surface area (Å²) < 4.78 is 32.0. The van der Waals surface area contributed by atoms with Crippen LogP contribution in [0, 0.1) is 0 Å². The monoisotopic (exact) mass is 314 g/mol.